The van der Waals surface area contributed by atoms with E-state index in [-0.39, 0.29) is 5.41 Å². The number of aryl methyl sites for hydroxylation is 1. The maximum Gasteiger partial charge on any atom is 0.0929 e. The second kappa shape index (κ2) is 5.70. The lowest BCUT2D eigenvalue weighted by Crippen LogP contribution is -2.26. The third-order valence-electron chi connectivity index (χ3n) is 3.66. The van der Waals surface area contributed by atoms with Gasteiger partial charge in [-0.15, -0.1) is 11.3 Å². The van der Waals surface area contributed by atoms with Gasteiger partial charge in [0.05, 0.1) is 10.7 Å². The van der Waals surface area contributed by atoms with E-state index in [9.17, 15) is 0 Å². The molecule has 0 amide bonds. The summed E-state index contributed by atoms with van der Waals surface area (Å²) >= 11 is 1.90. The Hall–Kier alpha value is -0.410. The highest BCUT2D eigenvalue weighted by Gasteiger charge is 2.23. The summed E-state index contributed by atoms with van der Waals surface area (Å²) in [4.78, 5) is 6.27. The molecule has 1 heterocycles. The number of aromatic nitrogens is 1. The molecule has 18 heavy (non-hydrogen) atoms. The molecule has 102 valence electrons. The summed E-state index contributed by atoms with van der Waals surface area (Å²) in [7, 11) is 0. The number of hydrogen-bond donors (Lipinski definition) is 1. The van der Waals surface area contributed by atoms with Crippen molar-refractivity contribution in [3.63, 3.8) is 0 Å². The van der Waals surface area contributed by atoms with Gasteiger partial charge in [0, 0.05) is 22.9 Å². The predicted octanol–water partition coefficient (Wildman–Crippen LogP) is 4.04. The summed E-state index contributed by atoms with van der Waals surface area (Å²) in [5.41, 5.74) is 1.46. The maximum atomic E-state index is 4.82. The maximum absolute atomic E-state index is 4.82. The van der Waals surface area contributed by atoms with Crippen LogP contribution in [0.3, 0.4) is 0 Å². The van der Waals surface area contributed by atoms with Crippen molar-refractivity contribution >= 4 is 11.3 Å². The van der Waals surface area contributed by atoms with Gasteiger partial charge in [0.15, 0.2) is 0 Å². The molecule has 0 atom stereocenters. The van der Waals surface area contributed by atoms with Crippen LogP contribution in [-0.2, 0) is 18.4 Å². The zero-order valence-corrected chi connectivity index (χ0v) is 13.0. The van der Waals surface area contributed by atoms with E-state index in [2.05, 4.69) is 33.0 Å². The smallest absolute Gasteiger partial charge is 0.0929 e. The monoisotopic (exact) mass is 266 g/mol. The molecule has 0 bridgehead atoms. The molecule has 2 nitrogen and oxygen atoms in total. The minimum absolute atomic E-state index is 0.163. The van der Waals surface area contributed by atoms with E-state index in [0.29, 0.717) is 0 Å². The Morgan fingerprint density at radius 1 is 1.28 bits per heavy atom. The fourth-order valence-electron chi connectivity index (χ4n) is 2.62. The van der Waals surface area contributed by atoms with Crippen LogP contribution in [0.5, 0.6) is 0 Å². The van der Waals surface area contributed by atoms with E-state index in [4.69, 9.17) is 4.98 Å². The summed E-state index contributed by atoms with van der Waals surface area (Å²) in [5.74, 6) is 0. The molecule has 1 aromatic rings. The quantitative estimate of drug-likeness (QED) is 0.890. The van der Waals surface area contributed by atoms with Crippen LogP contribution in [0.25, 0.3) is 0 Å². The van der Waals surface area contributed by atoms with E-state index in [1.807, 2.05) is 11.3 Å². The minimum Gasteiger partial charge on any atom is -0.309 e. The van der Waals surface area contributed by atoms with Crippen molar-refractivity contribution in [3.8, 4) is 0 Å². The van der Waals surface area contributed by atoms with Crippen LogP contribution in [0.2, 0.25) is 0 Å². The first kappa shape index (κ1) is 14.0. The molecule has 2 rings (SSSR count). The third kappa shape index (κ3) is 3.33. The summed E-state index contributed by atoms with van der Waals surface area (Å²) in [6.45, 7) is 10.00. The predicted molar refractivity (Wildman–Crippen MR) is 79.3 cm³/mol. The highest BCUT2D eigenvalue weighted by atomic mass is 32.1. The minimum atomic E-state index is 0.163. The van der Waals surface area contributed by atoms with Crippen molar-refractivity contribution in [1.82, 2.24) is 10.3 Å². The Labute approximate surface area is 115 Å². The van der Waals surface area contributed by atoms with Crippen LogP contribution < -0.4 is 5.32 Å². The fraction of sp³-hybridized carbons (Fsp3) is 0.800. The van der Waals surface area contributed by atoms with Crippen LogP contribution >= 0.6 is 11.3 Å². The average molecular weight is 266 g/mol. The summed E-state index contributed by atoms with van der Waals surface area (Å²) in [5, 5.41) is 5.00. The normalized spacial score (nSPS) is 17.6. The van der Waals surface area contributed by atoms with Crippen molar-refractivity contribution in [3.05, 3.63) is 15.6 Å². The second-order valence-electron chi connectivity index (χ2n) is 6.35. The number of nitrogens with one attached hydrogen (secondary N) is 1. The van der Waals surface area contributed by atoms with Gasteiger partial charge in [0.1, 0.15) is 0 Å². The van der Waals surface area contributed by atoms with Crippen molar-refractivity contribution in [2.24, 2.45) is 0 Å². The fourth-order valence-corrected chi connectivity index (χ4v) is 3.79. The molecule has 3 heteroatoms. The molecule has 1 aliphatic carbocycles. The molecule has 0 aromatic carbocycles. The number of thiazole rings is 1. The molecule has 1 aromatic heterocycles. The molecule has 1 aliphatic rings. The molecular weight excluding hydrogens is 240 g/mol. The first-order valence-electron chi connectivity index (χ1n) is 7.23. The lowest BCUT2D eigenvalue weighted by molar-refractivity contribution is 0.512. The van der Waals surface area contributed by atoms with Crippen LogP contribution in [-0.4, -0.2) is 11.0 Å². The molecule has 0 radical (unpaired) electrons. The molecule has 0 saturated heterocycles. The molecule has 0 unspecified atom stereocenters. The molecular formula is C15H26N2S. The Morgan fingerprint density at radius 2 is 1.94 bits per heavy atom. The van der Waals surface area contributed by atoms with Gasteiger partial charge < -0.3 is 5.32 Å². The van der Waals surface area contributed by atoms with Crippen LogP contribution in [0, 0.1) is 0 Å². The number of nitrogens with zero attached hydrogens (tertiary/aromatic N) is 1. The lowest BCUT2D eigenvalue weighted by atomic mass is 9.91. The molecule has 0 spiro atoms. The van der Waals surface area contributed by atoms with Gasteiger partial charge in [-0.2, -0.15) is 0 Å². The van der Waals surface area contributed by atoms with E-state index in [1.54, 1.807) is 0 Å². The first-order chi connectivity index (χ1) is 8.50. The van der Waals surface area contributed by atoms with Crippen LogP contribution in [0.4, 0.5) is 0 Å². The molecule has 1 N–H and O–H groups in total. The number of rotatable bonds is 4. The van der Waals surface area contributed by atoms with Gasteiger partial charge in [-0.3, -0.25) is 0 Å². The Morgan fingerprint density at radius 3 is 2.50 bits per heavy atom. The van der Waals surface area contributed by atoms with Gasteiger partial charge in [-0.25, -0.2) is 4.98 Å². The van der Waals surface area contributed by atoms with Crippen molar-refractivity contribution in [2.75, 3.05) is 0 Å². The number of hydrogen-bond acceptors (Lipinski definition) is 3. The Bertz CT molecular complexity index is 384. The van der Waals surface area contributed by atoms with Gasteiger partial charge in [-0.1, -0.05) is 40.5 Å². The average Bonchev–Trinajstić information content (AvgIpc) is 2.94. The molecule has 1 fully saturated rings. The van der Waals surface area contributed by atoms with Gasteiger partial charge in [0.25, 0.3) is 0 Å². The Balaban J connectivity index is 2.07. The summed E-state index contributed by atoms with van der Waals surface area (Å²) in [6, 6.07) is 0.741. The van der Waals surface area contributed by atoms with E-state index < -0.39 is 0 Å². The summed E-state index contributed by atoms with van der Waals surface area (Å²) in [6.07, 6.45) is 6.55. The standard InChI is InChI=1S/C15H26N2S/c1-5-13-17-14(15(2,3)4)12(18-13)10-16-11-8-6-7-9-11/h11,16H,5-10H2,1-4H3. The Kier molecular flexibility index (Phi) is 4.44. The SMILES string of the molecule is CCc1nc(C(C)(C)C)c(CNC2CCCC2)s1. The van der Waals surface area contributed by atoms with Crippen molar-refractivity contribution in [2.45, 2.75) is 77.8 Å². The van der Waals surface area contributed by atoms with Crippen molar-refractivity contribution < 1.29 is 0 Å². The van der Waals surface area contributed by atoms with Crippen molar-refractivity contribution in [1.29, 1.82) is 0 Å². The first-order valence-corrected chi connectivity index (χ1v) is 8.04. The van der Waals surface area contributed by atoms with E-state index >= 15 is 0 Å². The van der Waals surface area contributed by atoms with E-state index in [1.165, 1.54) is 41.3 Å². The van der Waals surface area contributed by atoms with Gasteiger partial charge >= 0.3 is 0 Å². The van der Waals surface area contributed by atoms with Crippen LogP contribution in [0.15, 0.2) is 0 Å². The van der Waals surface area contributed by atoms with Gasteiger partial charge in [0.2, 0.25) is 0 Å². The summed E-state index contributed by atoms with van der Waals surface area (Å²) < 4.78 is 0. The van der Waals surface area contributed by atoms with Crippen LogP contribution in [0.1, 0.15) is 69.0 Å². The lowest BCUT2D eigenvalue weighted by Gasteiger charge is -2.19. The largest absolute Gasteiger partial charge is 0.309 e. The molecule has 1 saturated carbocycles. The topological polar surface area (TPSA) is 24.9 Å². The second-order valence-corrected chi connectivity index (χ2v) is 7.51. The third-order valence-corrected chi connectivity index (χ3v) is 4.86. The zero-order valence-electron chi connectivity index (χ0n) is 12.2. The van der Waals surface area contributed by atoms with E-state index in [0.717, 1.165) is 19.0 Å². The highest BCUT2D eigenvalue weighted by Crippen LogP contribution is 2.30. The highest BCUT2D eigenvalue weighted by molar-refractivity contribution is 7.11. The molecule has 0 aliphatic heterocycles. The van der Waals surface area contributed by atoms with Gasteiger partial charge in [-0.05, 0) is 19.3 Å². The zero-order chi connectivity index (χ0) is 13.2.